The van der Waals surface area contributed by atoms with Crippen LogP contribution in [0.15, 0.2) is 18.2 Å². The number of carboxylic acid groups (broad SMARTS) is 1. The lowest BCUT2D eigenvalue weighted by atomic mass is 9.92. The Bertz CT molecular complexity index is 371. The van der Waals surface area contributed by atoms with E-state index in [1.807, 2.05) is 32.0 Å². The molecule has 0 radical (unpaired) electrons. The highest BCUT2D eigenvalue weighted by Crippen LogP contribution is 2.31. The number of benzene rings is 1. The number of methoxy groups -OCH3 is 1. The molecule has 3 heteroatoms. The van der Waals surface area contributed by atoms with Gasteiger partial charge in [0.05, 0.1) is 13.0 Å². The van der Waals surface area contributed by atoms with Crippen molar-refractivity contribution in [3.8, 4) is 5.75 Å². The first-order valence-corrected chi connectivity index (χ1v) is 5.47. The molecule has 0 fully saturated rings. The van der Waals surface area contributed by atoms with Gasteiger partial charge in [0, 0.05) is 5.56 Å². The van der Waals surface area contributed by atoms with E-state index >= 15 is 0 Å². The topological polar surface area (TPSA) is 46.5 Å². The fourth-order valence-electron chi connectivity index (χ4n) is 1.83. The summed E-state index contributed by atoms with van der Waals surface area (Å²) < 4.78 is 5.21. The van der Waals surface area contributed by atoms with E-state index in [4.69, 9.17) is 4.74 Å². The maximum absolute atomic E-state index is 11.2. The van der Waals surface area contributed by atoms with Crippen LogP contribution >= 0.6 is 0 Å². The van der Waals surface area contributed by atoms with E-state index in [1.54, 1.807) is 7.11 Å². The molecule has 1 unspecified atom stereocenters. The Morgan fingerprint density at radius 1 is 1.50 bits per heavy atom. The Labute approximate surface area is 96.1 Å². The summed E-state index contributed by atoms with van der Waals surface area (Å²) >= 11 is 0. The highest BCUT2D eigenvalue weighted by atomic mass is 16.5. The van der Waals surface area contributed by atoms with Gasteiger partial charge in [-0.2, -0.15) is 0 Å². The number of ether oxygens (including phenoxy) is 1. The van der Waals surface area contributed by atoms with Crippen molar-refractivity contribution in [1.82, 2.24) is 0 Å². The summed E-state index contributed by atoms with van der Waals surface area (Å²) in [5.41, 5.74) is 1.83. The van der Waals surface area contributed by atoms with Crippen molar-refractivity contribution in [1.29, 1.82) is 0 Å². The molecule has 0 saturated carbocycles. The summed E-state index contributed by atoms with van der Waals surface area (Å²) in [6.45, 7) is 3.94. The number of hydrogen-bond acceptors (Lipinski definition) is 2. The zero-order chi connectivity index (χ0) is 12.1. The number of carboxylic acids is 1. The minimum Gasteiger partial charge on any atom is -0.496 e. The normalized spacial score (nSPS) is 12.2. The van der Waals surface area contributed by atoms with Gasteiger partial charge in [-0.05, 0) is 19.4 Å². The van der Waals surface area contributed by atoms with Crippen LogP contribution in [0.3, 0.4) is 0 Å². The van der Waals surface area contributed by atoms with Crippen molar-refractivity contribution in [3.05, 3.63) is 29.3 Å². The lowest BCUT2D eigenvalue weighted by Crippen LogP contribution is -2.12. The highest BCUT2D eigenvalue weighted by molar-refractivity contribution is 5.77. The minimum absolute atomic E-state index is 0.472. The van der Waals surface area contributed by atoms with Crippen molar-refractivity contribution in [2.75, 3.05) is 7.11 Å². The quantitative estimate of drug-likeness (QED) is 0.833. The SMILES string of the molecule is CCCC(C(=O)O)c1cc(C)ccc1OC. The second-order valence-corrected chi connectivity index (χ2v) is 3.92. The van der Waals surface area contributed by atoms with Crippen LogP contribution in [0.2, 0.25) is 0 Å². The Balaban J connectivity index is 3.15. The van der Waals surface area contributed by atoms with Crippen LogP contribution in [0, 0.1) is 6.92 Å². The van der Waals surface area contributed by atoms with Gasteiger partial charge in [0.25, 0.3) is 0 Å². The molecule has 0 saturated heterocycles. The first kappa shape index (κ1) is 12.6. The van der Waals surface area contributed by atoms with Crippen molar-refractivity contribution in [2.45, 2.75) is 32.6 Å². The number of carbonyl (C=O) groups is 1. The van der Waals surface area contributed by atoms with Crippen molar-refractivity contribution in [2.24, 2.45) is 0 Å². The molecule has 1 aromatic carbocycles. The van der Waals surface area contributed by atoms with E-state index < -0.39 is 11.9 Å². The maximum atomic E-state index is 11.2. The van der Waals surface area contributed by atoms with Gasteiger partial charge >= 0.3 is 5.97 Å². The Kier molecular flexibility index (Phi) is 4.35. The molecule has 1 atom stereocenters. The summed E-state index contributed by atoms with van der Waals surface area (Å²) in [5.74, 6) is -0.600. The first-order chi connectivity index (χ1) is 7.60. The highest BCUT2D eigenvalue weighted by Gasteiger charge is 2.22. The molecule has 1 rings (SSSR count). The van der Waals surface area contributed by atoms with Gasteiger partial charge in [-0.3, -0.25) is 4.79 Å². The monoisotopic (exact) mass is 222 g/mol. The van der Waals surface area contributed by atoms with Gasteiger partial charge in [0.1, 0.15) is 5.75 Å². The van der Waals surface area contributed by atoms with Gasteiger partial charge in [0.15, 0.2) is 0 Å². The standard InChI is InChI=1S/C13H18O3/c1-4-5-10(13(14)15)11-8-9(2)6-7-12(11)16-3/h6-8,10H,4-5H2,1-3H3,(H,14,15). The third-order valence-corrected chi connectivity index (χ3v) is 2.64. The zero-order valence-electron chi connectivity index (χ0n) is 9.99. The predicted molar refractivity (Wildman–Crippen MR) is 63.0 cm³/mol. The first-order valence-electron chi connectivity index (χ1n) is 5.47. The molecule has 0 aliphatic carbocycles. The average Bonchev–Trinajstić information content (AvgIpc) is 2.25. The average molecular weight is 222 g/mol. The third kappa shape index (κ3) is 2.75. The molecular formula is C13H18O3. The number of aryl methyl sites for hydroxylation is 1. The van der Waals surface area contributed by atoms with Gasteiger partial charge in [-0.25, -0.2) is 0 Å². The smallest absolute Gasteiger partial charge is 0.311 e. The molecule has 0 bridgehead atoms. The summed E-state index contributed by atoms with van der Waals surface area (Å²) in [5, 5.41) is 9.21. The summed E-state index contributed by atoms with van der Waals surface area (Å²) in [7, 11) is 1.57. The molecule has 0 aliphatic heterocycles. The summed E-state index contributed by atoms with van der Waals surface area (Å²) in [4.78, 5) is 11.2. The van der Waals surface area contributed by atoms with Gasteiger partial charge in [-0.15, -0.1) is 0 Å². The molecule has 0 aromatic heterocycles. The van der Waals surface area contributed by atoms with Crippen LogP contribution in [0.1, 0.15) is 36.8 Å². The van der Waals surface area contributed by atoms with E-state index in [0.717, 1.165) is 17.5 Å². The van der Waals surface area contributed by atoms with Crippen molar-refractivity contribution in [3.63, 3.8) is 0 Å². The van der Waals surface area contributed by atoms with E-state index in [-0.39, 0.29) is 0 Å². The Hall–Kier alpha value is -1.51. The lowest BCUT2D eigenvalue weighted by molar-refractivity contribution is -0.139. The zero-order valence-corrected chi connectivity index (χ0v) is 9.99. The molecular weight excluding hydrogens is 204 g/mol. The molecule has 3 nitrogen and oxygen atoms in total. The van der Waals surface area contributed by atoms with Crippen LogP contribution in [0.4, 0.5) is 0 Å². The molecule has 16 heavy (non-hydrogen) atoms. The largest absolute Gasteiger partial charge is 0.496 e. The molecule has 0 heterocycles. The van der Waals surface area contributed by atoms with E-state index in [2.05, 4.69) is 0 Å². The lowest BCUT2D eigenvalue weighted by Gasteiger charge is -2.16. The van der Waals surface area contributed by atoms with Crippen LogP contribution in [-0.4, -0.2) is 18.2 Å². The predicted octanol–water partition coefficient (Wildman–Crippen LogP) is 2.97. The fourth-order valence-corrected chi connectivity index (χ4v) is 1.83. The molecule has 88 valence electrons. The molecule has 0 spiro atoms. The van der Waals surface area contributed by atoms with E-state index in [9.17, 15) is 9.90 Å². The van der Waals surface area contributed by atoms with Crippen LogP contribution < -0.4 is 4.74 Å². The van der Waals surface area contributed by atoms with Crippen LogP contribution in [-0.2, 0) is 4.79 Å². The molecule has 0 aliphatic rings. The third-order valence-electron chi connectivity index (χ3n) is 2.64. The van der Waals surface area contributed by atoms with Crippen LogP contribution in [0.5, 0.6) is 5.75 Å². The Morgan fingerprint density at radius 3 is 2.69 bits per heavy atom. The minimum atomic E-state index is -0.786. The van der Waals surface area contributed by atoms with Gasteiger partial charge in [-0.1, -0.05) is 31.0 Å². The number of aliphatic carboxylic acids is 1. The van der Waals surface area contributed by atoms with Gasteiger partial charge in [0.2, 0.25) is 0 Å². The van der Waals surface area contributed by atoms with E-state index in [1.165, 1.54) is 0 Å². The second kappa shape index (κ2) is 5.54. The van der Waals surface area contributed by atoms with Crippen LogP contribution in [0.25, 0.3) is 0 Å². The van der Waals surface area contributed by atoms with Crippen molar-refractivity contribution >= 4 is 5.97 Å². The second-order valence-electron chi connectivity index (χ2n) is 3.92. The molecule has 1 N–H and O–H groups in total. The van der Waals surface area contributed by atoms with Gasteiger partial charge < -0.3 is 9.84 Å². The van der Waals surface area contributed by atoms with Crippen molar-refractivity contribution < 1.29 is 14.6 Å². The Morgan fingerprint density at radius 2 is 2.19 bits per heavy atom. The summed E-state index contributed by atoms with van der Waals surface area (Å²) in [6.07, 6.45) is 1.48. The fraction of sp³-hybridized carbons (Fsp3) is 0.462. The van der Waals surface area contributed by atoms with E-state index in [0.29, 0.717) is 12.2 Å². The number of hydrogen-bond donors (Lipinski definition) is 1. The molecule has 0 amide bonds. The molecule has 1 aromatic rings. The maximum Gasteiger partial charge on any atom is 0.311 e. The number of rotatable bonds is 5. The summed E-state index contributed by atoms with van der Waals surface area (Å²) in [6, 6.07) is 5.65.